The van der Waals surface area contributed by atoms with E-state index in [2.05, 4.69) is 0 Å². The molecule has 1 atom stereocenters. The summed E-state index contributed by atoms with van der Waals surface area (Å²) < 4.78 is 25.9. The summed E-state index contributed by atoms with van der Waals surface area (Å²) in [6.07, 6.45) is -0.768. The molecule has 0 rings (SSSR count). The van der Waals surface area contributed by atoms with Gasteiger partial charge in [0.05, 0.1) is 50.5 Å². The van der Waals surface area contributed by atoms with Crippen molar-refractivity contribution in [1.29, 1.82) is 0 Å². The van der Waals surface area contributed by atoms with Crippen LogP contribution in [0.2, 0.25) is 0 Å². The highest BCUT2D eigenvalue weighted by Gasteiger charge is 2.23. The third kappa shape index (κ3) is 15.8. The topological polar surface area (TPSA) is 101 Å². The number of aliphatic hydroxyl groups excluding tert-OH is 1. The maximum Gasteiger partial charge on any atom is 0.311 e. The van der Waals surface area contributed by atoms with Crippen LogP contribution in [0.1, 0.15) is 49.0 Å². The average molecular weight is 409 g/mol. The normalized spacial score (nSPS) is 12.8. The van der Waals surface area contributed by atoms with Crippen LogP contribution in [0, 0.1) is 10.8 Å². The van der Waals surface area contributed by atoms with Crippen molar-refractivity contribution in [2.24, 2.45) is 10.8 Å². The Morgan fingerprint density at radius 2 is 1.00 bits per heavy atom. The largest absolute Gasteiger partial charge is 0.463 e. The highest BCUT2D eigenvalue weighted by Crippen LogP contribution is 2.15. The Hall–Kier alpha value is -1.22. The van der Waals surface area contributed by atoms with Crippen molar-refractivity contribution in [2.45, 2.75) is 55.1 Å². The van der Waals surface area contributed by atoms with Gasteiger partial charge in [0, 0.05) is 0 Å². The number of esters is 2. The lowest BCUT2D eigenvalue weighted by atomic mass is 9.97. The van der Waals surface area contributed by atoms with E-state index in [1.807, 2.05) is 0 Å². The van der Waals surface area contributed by atoms with Gasteiger partial charge in [-0.15, -0.1) is 0 Å². The van der Waals surface area contributed by atoms with Crippen LogP contribution in [0.25, 0.3) is 0 Å². The second-order valence-electron chi connectivity index (χ2n) is 8.19. The zero-order valence-electron chi connectivity index (χ0n) is 17.5. The lowest BCUT2D eigenvalue weighted by Crippen LogP contribution is -2.26. The predicted octanol–water partition coefficient (Wildman–Crippen LogP) is 2.21. The van der Waals surface area contributed by atoms with Crippen molar-refractivity contribution in [3.63, 3.8) is 0 Å². The van der Waals surface area contributed by atoms with Gasteiger partial charge in [-0.1, -0.05) is 7.43 Å². The Bertz CT molecular complexity index is 423. The van der Waals surface area contributed by atoms with Crippen LogP contribution in [0.3, 0.4) is 0 Å². The molecular weight excluding hydrogens is 368 g/mol. The summed E-state index contributed by atoms with van der Waals surface area (Å²) in [6, 6.07) is 0. The van der Waals surface area contributed by atoms with E-state index in [0.717, 1.165) is 0 Å². The van der Waals surface area contributed by atoms with Crippen molar-refractivity contribution in [3.8, 4) is 0 Å². The molecule has 8 nitrogen and oxygen atoms in total. The molecule has 1 unspecified atom stereocenters. The molecule has 0 heterocycles. The second kappa shape index (κ2) is 14.7. The molecule has 0 saturated carbocycles. The van der Waals surface area contributed by atoms with E-state index in [4.69, 9.17) is 23.7 Å². The fourth-order valence-electron chi connectivity index (χ4n) is 1.53. The number of ether oxygens (including phenoxy) is 5. The molecule has 0 aromatic rings. The summed E-state index contributed by atoms with van der Waals surface area (Å²) in [5.74, 6) is -0.554. The molecule has 0 amide bonds. The molecule has 0 aliphatic heterocycles. The zero-order chi connectivity index (χ0) is 20.9. The molecule has 0 saturated heterocycles. The van der Waals surface area contributed by atoms with Crippen molar-refractivity contribution in [3.05, 3.63) is 0 Å². The first-order valence-electron chi connectivity index (χ1n) is 9.20. The van der Waals surface area contributed by atoms with Crippen LogP contribution < -0.4 is 0 Å². The van der Waals surface area contributed by atoms with Crippen molar-refractivity contribution >= 4 is 11.9 Å². The summed E-state index contributed by atoms with van der Waals surface area (Å²) in [5.41, 5.74) is -1.06. The monoisotopic (exact) mass is 408 g/mol. The maximum atomic E-state index is 11.5. The molecule has 0 aromatic heterocycles. The minimum atomic E-state index is -0.768. The van der Waals surface area contributed by atoms with E-state index < -0.39 is 16.9 Å². The molecule has 1 N–H and O–H groups in total. The quantitative estimate of drug-likeness (QED) is 0.366. The van der Waals surface area contributed by atoms with Crippen LogP contribution in [-0.4, -0.2) is 76.0 Å². The first-order chi connectivity index (χ1) is 12.4. The smallest absolute Gasteiger partial charge is 0.311 e. The van der Waals surface area contributed by atoms with Crippen molar-refractivity contribution in [1.82, 2.24) is 0 Å². The molecule has 0 radical (unpaired) electrons. The van der Waals surface area contributed by atoms with E-state index >= 15 is 0 Å². The van der Waals surface area contributed by atoms with Crippen LogP contribution in [0.4, 0.5) is 0 Å². The predicted molar refractivity (Wildman–Crippen MR) is 106 cm³/mol. The highest BCUT2D eigenvalue weighted by molar-refractivity contribution is 5.75. The van der Waals surface area contributed by atoms with Crippen LogP contribution in [-0.2, 0) is 33.3 Å². The first kappa shape index (κ1) is 29.0. The molecule has 0 aromatic carbocycles. The van der Waals surface area contributed by atoms with Crippen LogP contribution >= 0.6 is 0 Å². The van der Waals surface area contributed by atoms with Gasteiger partial charge in [-0.25, -0.2) is 0 Å². The summed E-state index contributed by atoms with van der Waals surface area (Å²) >= 11 is 0. The second-order valence-corrected chi connectivity index (χ2v) is 8.19. The molecule has 168 valence electrons. The molecule has 8 heteroatoms. The van der Waals surface area contributed by atoms with E-state index in [-0.39, 0.29) is 52.4 Å². The fourth-order valence-corrected chi connectivity index (χ4v) is 1.53. The number of carbonyl (C=O) groups excluding carboxylic acids is 2. The van der Waals surface area contributed by atoms with E-state index in [1.165, 1.54) is 0 Å². The van der Waals surface area contributed by atoms with Gasteiger partial charge >= 0.3 is 11.9 Å². The number of carbonyl (C=O) groups is 2. The number of rotatable bonds is 13. The molecule has 0 aliphatic carbocycles. The van der Waals surface area contributed by atoms with Crippen LogP contribution in [0.15, 0.2) is 0 Å². The lowest BCUT2D eigenvalue weighted by molar-refractivity contribution is -0.155. The Kier molecular flexibility index (Phi) is 15.3. The minimum absolute atomic E-state index is 0. The van der Waals surface area contributed by atoms with Gasteiger partial charge in [-0.05, 0) is 41.5 Å². The van der Waals surface area contributed by atoms with Gasteiger partial charge in [-0.2, -0.15) is 0 Å². The Morgan fingerprint density at radius 3 is 1.39 bits per heavy atom. The number of aliphatic hydroxyl groups is 1. The van der Waals surface area contributed by atoms with Crippen LogP contribution in [0.5, 0.6) is 0 Å². The Labute approximate surface area is 169 Å². The molecule has 0 spiro atoms. The SMILES string of the molecule is C.CC(C)(C)C(=O)OCCOCCOCC(O)COCCOC(=O)C(C)(C)C. The molecule has 0 aliphatic rings. The Balaban J connectivity index is 0. The summed E-state index contributed by atoms with van der Waals surface area (Å²) in [6.45, 7) is 12.4. The average Bonchev–Trinajstić information content (AvgIpc) is 2.54. The minimum Gasteiger partial charge on any atom is -0.463 e. The van der Waals surface area contributed by atoms with Crippen molar-refractivity contribution < 1.29 is 38.4 Å². The molecular formula is C20H40O8. The van der Waals surface area contributed by atoms with Gasteiger partial charge < -0.3 is 28.8 Å². The molecule has 0 bridgehead atoms. The molecule has 0 fully saturated rings. The lowest BCUT2D eigenvalue weighted by Gasteiger charge is -2.17. The van der Waals surface area contributed by atoms with E-state index in [9.17, 15) is 14.7 Å². The Morgan fingerprint density at radius 1 is 0.679 bits per heavy atom. The van der Waals surface area contributed by atoms with Gasteiger partial charge in [0.2, 0.25) is 0 Å². The van der Waals surface area contributed by atoms with Gasteiger partial charge in [0.1, 0.15) is 19.3 Å². The summed E-state index contributed by atoms with van der Waals surface area (Å²) in [4.78, 5) is 23.0. The highest BCUT2D eigenvalue weighted by atomic mass is 16.6. The van der Waals surface area contributed by atoms with Gasteiger partial charge in [0.25, 0.3) is 0 Å². The fraction of sp³-hybridized carbons (Fsp3) is 0.900. The molecule has 28 heavy (non-hydrogen) atoms. The standard InChI is InChI=1S/C19H36O8.CH4/c1-18(2,3)16(21)26-11-9-23-7-8-24-13-15(20)14-25-10-12-27-17(22)19(4,5)6;/h15,20H,7-14H2,1-6H3;1H4. The third-order valence-electron chi connectivity index (χ3n) is 3.14. The summed E-state index contributed by atoms with van der Waals surface area (Å²) in [7, 11) is 0. The third-order valence-corrected chi connectivity index (χ3v) is 3.14. The van der Waals surface area contributed by atoms with Gasteiger partial charge in [0.15, 0.2) is 0 Å². The van der Waals surface area contributed by atoms with E-state index in [0.29, 0.717) is 19.8 Å². The number of hydrogen-bond donors (Lipinski definition) is 1. The zero-order valence-corrected chi connectivity index (χ0v) is 17.5. The number of hydrogen-bond acceptors (Lipinski definition) is 8. The van der Waals surface area contributed by atoms with Crippen molar-refractivity contribution in [2.75, 3.05) is 52.9 Å². The maximum absolute atomic E-state index is 11.5. The van der Waals surface area contributed by atoms with E-state index in [1.54, 1.807) is 41.5 Å². The summed E-state index contributed by atoms with van der Waals surface area (Å²) in [5, 5.41) is 9.71. The van der Waals surface area contributed by atoms with Gasteiger partial charge in [-0.3, -0.25) is 9.59 Å². The first-order valence-corrected chi connectivity index (χ1v) is 9.20.